The summed E-state index contributed by atoms with van der Waals surface area (Å²) in [5, 5.41) is 4.21. The number of fused-ring (bicyclic) bond motifs is 2. The van der Waals surface area contributed by atoms with Gasteiger partial charge in [0.25, 0.3) is 0 Å². The number of hydrogen-bond donors (Lipinski definition) is 0. The molecule has 0 saturated carbocycles. The minimum Gasteiger partial charge on any atom is -0.493 e. The summed E-state index contributed by atoms with van der Waals surface area (Å²) in [5.41, 5.74) is 2.73. The van der Waals surface area contributed by atoms with Gasteiger partial charge >= 0.3 is 0 Å². The van der Waals surface area contributed by atoms with Crippen molar-refractivity contribution in [2.45, 2.75) is 30.1 Å². The largest absolute Gasteiger partial charge is 0.493 e. The van der Waals surface area contributed by atoms with Crippen LogP contribution in [-0.2, 0) is 16.4 Å². The summed E-state index contributed by atoms with van der Waals surface area (Å²) in [4.78, 5) is 4.56. The number of ether oxygens (including phenoxy) is 2. The Hall–Kier alpha value is -2.65. The van der Waals surface area contributed by atoms with Gasteiger partial charge in [-0.25, -0.2) is 17.9 Å². The summed E-state index contributed by atoms with van der Waals surface area (Å²) >= 11 is 0. The van der Waals surface area contributed by atoms with Crippen LogP contribution in [-0.4, -0.2) is 54.1 Å². The molecule has 2 aromatic heterocycles. The van der Waals surface area contributed by atoms with Gasteiger partial charge in [-0.05, 0) is 54.2 Å². The molecule has 4 heterocycles. The molecule has 29 heavy (non-hydrogen) atoms. The van der Waals surface area contributed by atoms with Gasteiger partial charge in [0.05, 0.1) is 18.6 Å². The molecule has 2 aliphatic heterocycles. The third kappa shape index (κ3) is 3.14. The molecule has 0 spiro atoms. The van der Waals surface area contributed by atoms with Crippen LogP contribution in [0.4, 0.5) is 0 Å². The van der Waals surface area contributed by atoms with Crippen LogP contribution in [0.15, 0.2) is 41.7 Å². The van der Waals surface area contributed by atoms with Crippen molar-refractivity contribution in [3.8, 4) is 11.5 Å². The maximum atomic E-state index is 13.1. The SMILES string of the molecule is COc1cc(C2CCN(S(=O)(=O)c3ccc4c(c3)CCO4)CC2)cn2ncnc12. The van der Waals surface area contributed by atoms with E-state index in [9.17, 15) is 8.42 Å². The number of nitrogens with zero attached hydrogens (tertiary/aromatic N) is 4. The minimum atomic E-state index is -3.50. The van der Waals surface area contributed by atoms with E-state index in [2.05, 4.69) is 10.1 Å². The molecule has 5 rings (SSSR count). The van der Waals surface area contributed by atoms with Crippen LogP contribution in [0.1, 0.15) is 29.9 Å². The third-order valence-corrected chi connectivity index (χ3v) is 7.70. The van der Waals surface area contributed by atoms with Gasteiger partial charge in [-0.15, -0.1) is 0 Å². The molecule has 0 radical (unpaired) electrons. The fourth-order valence-corrected chi connectivity index (χ4v) is 5.71. The predicted octanol–water partition coefficient (Wildman–Crippen LogP) is 2.24. The second kappa shape index (κ2) is 7.00. The molecule has 1 aromatic carbocycles. The molecule has 3 aromatic rings. The Bertz CT molecular complexity index is 1170. The van der Waals surface area contributed by atoms with Crippen molar-refractivity contribution in [3.05, 3.63) is 47.9 Å². The summed E-state index contributed by atoms with van der Waals surface area (Å²) in [7, 11) is -1.89. The number of aromatic nitrogens is 3. The Kier molecular flexibility index (Phi) is 4.44. The van der Waals surface area contributed by atoms with Crippen LogP contribution in [0.3, 0.4) is 0 Å². The van der Waals surface area contributed by atoms with Gasteiger partial charge in [-0.3, -0.25) is 0 Å². The van der Waals surface area contributed by atoms with E-state index < -0.39 is 10.0 Å². The van der Waals surface area contributed by atoms with Gasteiger partial charge in [-0.1, -0.05) is 0 Å². The average Bonchev–Trinajstić information content (AvgIpc) is 3.41. The molecule has 0 aliphatic carbocycles. The van der Waals surface area contributed by atoms with E-state index in [1.807, 2.05) is 12.3 Å². The number of piperidine rings is 1. The molecular formula is C20H22N4O4S. The Balaban J connectivity index is 1.35. The Morgan fingerprint density at radius 1 is 1.21 bits per heavy atom. The number of hydrogen-bond acceptors (Lipinski definition) is 6. The number of benzene rings is 1. The standard InChI is InChI=1S/C20H22N4O4S/c1-27-19-11-16(12-24-20(19)21-13-22-24)14-4-7-23(8-5-14)29(25,26)17-2-3-18-15(10-17)6-9-28-18/h2-3,10-14H,4-9H2,1H3. The quantitative estimate of drug-likeness (QED) is 0.651. The summed E-state index contributed by atoms with van der Waals surface area (Å²) in [6.07, 6.45) is 5.71. The van der Waals surface area contributed by atoms with Crippen molar-refractivity contribution >= 4 is 15.7 Å². The fourth-order valence-electron chi connectivity index (χ4n) is 4.19. The Morgan fingerprint density at radius 3 is 2.83 bits per heavy atom. The van der Waals surface area contributed by atoms with Gasteiger partial charge in [0.15, 0.2) is 11.4 Å². The van der Waals surface area contributed by atoms with Crippen LogP contribution in [0, 0.1) is 0 Å². The van der Waals surface area contributed by atoms with Crippen molar-refractivity contribution in [3.63, 3.8) is 0 Å². The zero-order valence-corrected chi connectivity index (χ0v) is 16.9. The van der Waals surface area contributed by atoms with Gasteiger partial charge in [0.1, 0.15) is 12.1 Å². The fraction of sp³-hybridized carbons (Fsp3) is 0.400. The highest BCUT2D eigenvalue weighted by Crippen LogP contribution is 2.34. The second-order valence-electron chi connectivity index (χ2n) is 7.42. The van der Waals surface area contributed by atoms with Gasteiger partial charge in [0.2, 0.25) is 10.0 Å². The Labute approximate surface area is 169 Å². The number of methoxy groups -OCH3 is 1. The van der Waals surface area contributed by atoms with E-state index in [0.717, 1.165) is 36.1 Å². The monoisotopic (exact) mass is 414 g/mol. The van der Waals surface area contributed by atoms with E-state index in [1.165, 1.54) is 6.33 Å². The first kappa shape index (κ1) is 18.4. The van der Waals surface area contributed by atoms with Crippen molar-refractivity contribution in [2.24, 2.45) is 0 Å². The lowest BCUT2D eigenvalue weighted by atomic mass is 9.91. The first-order valence-corrected chi connectivity index (χ1v) is 11.1. The van der Waals surface area contributed by atoms with Crippen molar-refractivity contribution in [1.82, 2.24) is 18.9 Å². The molecule has 9 heteroatoms. The van der Waals surface area contributed by atoms with Crippen molar-refractivity contribution in [1.29, 1.82) is 0 Å². The zero-order valence-electron chi connectivity index (χ0n) is 16.1. The molecule has 2 aliphatic rings. The minimum absolute atomic E-state index is 0.248. The lowest BCUT2D eigenvalue weighted by Crippen LogP contribution is -2.38. The summed E-state index contributed by atoms with van der Waals surface area (Å²) in [6.45, 7) is 1.58. The first-order chi connectivity index (χ1) is 14.1. The number of rotatable bonds is 4. The Morgan fingerprint density at radius 2 is 2.03 bits per heavy atom. The van der Waals surface area contributed by atoms with E-state index in [0.29, 0.717) is 36.0 Å². The van der Waals surface area contributed by atoms with Gasteiger partial charge < -0.3 is 9.47 Å². The highest BCUT2D eigenvalue weighted by atomic mass is 32.2. The molecule has 1 fully saturated rings. The average molecular weight is 414 g/mol. The molecular weight excluding hydrogens is 392 g/mol. The van der Waals surface area contributed by atoms with Gasteiger partial charge in [-0.2, -0.15) is 9.40 Å². The zero-order chi connectivity index (χ0) is 20.0. The topological polar surface area (TPSA) is 86.0 Å². The molecule has 0 bridgehead atoms. The number of sulfonamides is 1. The molecule has 152 valence electrons. The van der Waals surface area contributed by atoms with Crippen LogP contribution < -0.4 is 9.47 Å². The summed E-state index contributed by atoms with van der Waals surface area (Å²) in [6, 6.07) is 7.16. The van der Waals surface area contributed by atoms with E-state index in [4.69, 9.17) is 9.47 Å². The molecule has 0 N–H and O–H groups in total. The summed E-state index contributed by atoms with van der Waals surface area (Å²) in [5.74, 6) is 1.72. The maximum absolute atomic E-state index is 13.1. The van der Waals surface area contributed by atoms with Crippen molar-refractivity contribution < 1.29 is 17.9 Å². The molecule has 8 nitrogen and oxygen atoms in total. The highest BCUT2D eigenvalue weighted by Gasteiger charge is 2.31. The van der Waals surface area contributed by atoms with Crippen LogP contribution >= 0.6 is 0 Å². The normalized spacial score (nSPS) is 18.0. The molecule has 0 amide bonds. The molecule has 1 saturated heterocycles. The predicted molar refractivity (Wildman–Crippen MR) is 106 cm³/mol. The first-order valence-electron chi connectivity index (χ1n) is 9.69. The smallest absolute Gasteiger partial charge is 0.243 e. The lowest BCUT2D eigenvalue weighted by Gasteiger charge is -2.31. The lowest BCUT2D eigenvalue weighted by molar-refractivity contribution is 0.318. The van der Waals surface area contributed by atoms with Gasteiger partial charge in [0, 0.05) is 25.7 Å². The summed E-state index contributed by atoms with van der Waals surface area (Å²) < 4.78 is 40.5. The third-order valence-electron chi connectivity index (χ3n) is 5.81. The van der Waals surface area contributed by atoms with E-state index >= 15 is 0 Å². The van der Waals surface area contributed by atoms with Crippen LogP contribution in [0.2, 0.25) is 0 Å². The molecule has 0 unspecified atom stereocenters. The van der Waals surface area contributed by atoms with E-state index in [-0.39, 0.29) is 5.92 Å². The van der Waals surface area contributed by atoms with Crippen molar-refractivity contribution in [2.75, 3.05) is 26.8 Å². The van der Waals surface area contributed by atoms with Crippen LogP contribution in [0.5, 0.6) is 11.5 Å². The maximum Gasteiger partial charge on any atom is 0.243 e. The van der Waals surface area contributed by atoms with Crippen LogP contribution in [0.25, 0.3) is 5.65 Å². The number of pyridine rings is 1. The molecule has 0 atom stereocenters. The van der Waals surface area contributed by atoms with E-state index in [1.54, 1.807) is 34.1 Å². The second-order valence-corrected chi connectivity index (χ2v) is 9.35. The highest BCUT2D eigenvalue weighted by molar-refractivity contribution is 7.89.